The number of benzene rings is 1. The van der Waals surface area contributed by atoms with Crippen LogP contribution >= 0.6 is 0 Å². The van der Waals surface area contributed by atoms with Gasteiger partial charge in [0.25, 0.3) is 0 Å². The molecule has 1 aromatic carbocycles. The van der Waals surface area contributed by atoms with Gasteiger partial charge in [-0.1, -0.05) is 6.07 Å². The molecule has 5 heteroatoms. The van der Waals surface area contributed by atoms with Crippen molar-refractivity contribution in [1.82, 2.24) is 5.32 Å². The molecule has 1 aliphatic rings. The van der Waals surface area contributed by atoms with E-state index < -0.39 is 23.6 Å². The maximum atomic E-state index is 13.8. The molecule has 1 atom stereocenters. The highest BCUT2D eigenvalue weighted by Crippen LogP contribution is 2.29. The highest BCUT2D eigenvalue weighted by Gasteiger charge is 2.28. The Hall–Kier alpha value is -1.49. The van der Waals surface area contributed by atoms with Crippen LogP contribution in [0.4, 0.5) is 8.78 Å². The van der Waals surface area contributed by atoms with Gasteiger partial charge in [0.05, 0.1) is 6.61 Å². The van der Waals surface area contributed by atoms with Gasteiger partial charge in [-0.25, -0.2) is 13.6 Å². The summed E-state index contributed by atoms with van der Waals surface area (Å²) in [7, 11) is 0. The summed E-state index contributed by atoms with van der Waals surface area (Å²) in [4.78, 5) is 11.9. The molecule has 0 aromatic heterocycles. The van der Waals surface area contributed by atoms with Gasteiger partial charge in [0.1, 0.15) is 17.7 Å². The fourth-order valence-corrected chi connectivity index (χ4v) is 1.89. The minimum atomic E-state index is -0.874. The number of hydrogen-bond acceptors (Lipinski definition) is 3. The molecule has 1 unspecified atom stereocenters. The quantitative estimate of drug-likeness (QED) is 0.807. The lowest BCUT2D eigenvalue weighted by atomic mass is 10.1. The van der Waals surface area contributed by atoms with Gasteiger partial charge in [-0.05, 0) is 38.3 Å². The third kappa shape index (κ3) is 3.73. The zero-order valence-electron chi connectivity index (χ0n) is 10.8. The van der Waals surface area contributed by atoms with Crippen molar-refractivity contribution in [2.24, 2.45) is 5.92 Å². The molecule has 0 saturated heterocycles. The zero-order chi connectivity index (χ0) is 13.8. The van der Waals surface area contributed by atoms with Crippen LogP contribution in [-0.2, 0) is 9.53 Å². The van der Waals surface area contributed by atoms with E-state index in [2.05, 4.69) is 5.32 Å². The number of rotatable bonds is 6. The maximum absolute atomic E-state index is 13.8. The Morgan fingerprint density at radius 2 is 2.21 bits per heavy atom. The molecule has 0 amide bonds. The number of nitrogens with one attached hydrogen (secondary N) is 1. The lowest BCUT2D eigenvalue weighted by Gasteiger charge is -2.18. The molecular formula is C14H17F2NO2. The molecule has 0 bridgehead atoms. The standard InChI is InChI=1S/C14H17F2NO2/c1-2-19-14(18)13(17-8-9-3-4-9)11-6-5-10(15)7-12(11)16/h5-7,9,13,17H,2-4,8H2,1H3. The first-order valence-electron chi connectivity index (χ1n) is 6.46. The van der Waals surface area contributed by atoms with Gasteiger partial charge in [-0.15, -0.1) is 0 Å². The van der Waals surface area contributed by atoms with E-state index in [0.717, 1.165) is 25.0 Å². The predicted octanol–water partition coefficient (Wildman–Crippen LogP) is 2.57. The van der Waals surface area contributed by atoms with Gasteiger partial charge in [-0.3, -0.25) is 0 Å². The van der Waals surface area contributed by atoms with Gasteiger partial charge < -0.3 is 10.1 Å². The third-order valence-electron chi connectivity index (χ3n) is 3.10. The summed E-state index contributed by atoms with van der Waals surface area (Å²) in [5.74, 6) is -1.39. The number of esters is 1. The van der Waals surface area contributed by atoms with Crippen LogP contribution in [0.3, 0.4) is 0 Å². The normalized spacial score (nSPS) is 16.2. The Morgan fingerprint density at radius 3 is 2.79 bits per heavy atom. The van der Waals surface area contributed by atoms with E-state index >= 15 is 0 Å². The number of carbonyl (C=O) groups is 1. The van der Waals surface area contributed by atoms with E-state index in [4.69, 9.17) is 4.74 Å². The Balaban J connectivity index is 2.15. The molecule has 2 rings (SSSR count). The number of hydrogen-bond donors (Lipinski definition) is 1. The molecular weight excluding hydrogens is 252 g/mol. The minimum Gasteiger partial charge on any atom is -0.465 e. The average Bonchev–Trinajstić information content (AvgIpc) is 3.16. The van der Waals surface area contributed by atoms with Crippen molar-refractivity contribution < 1.29 is 18.3 Å². The highest BCUT2D eigenvalue weighted by molar-refractivity contribution is 5.77. The predicted molar refractivity (Wildman–Crippen MR) is 66.5 cm³/mol. The Morgan fingerprint density at radius 1 is 1.47 bits per heavy atom. The van der Waals surface area contributed by atoms with Crippen LogP contribution in [0.1, 0.15) is 31.4 Å². The topological polar surface area (TPSA) is 38.3 Å². The van der Waals surface area contributed by atoms with Crippen LogP contribution in [0.25, 0.3) is 0 Å². The lowest BCUT2D eigenvalue weighted by Crippen LogP contribution is -2.32. The zero-order valence-corrected chi connectivity index (χ0v) is 10.8. The Labute approximate surface area is 111 Å². The molecule has 1 aliphatic carbocycles. The molecule has 0 aliphatic heterocycles. The third-order valence-corrected chi connectivity index (χ3v) is 3.10. The second-order valence-corrected chi connectivity index (χ2v) is 4.70. The molecule has 0 radical (unpaired) electrons. The lowest BCUT2D eigenvalue weighted by molar-refractivity contribution is -0.146. The summed E-state index contributed by atoms with van der Waals surface area (Å²) in [6, 6.07) is 2.33. The smallest absolute Gasteiger partial charge is 0.327 e. The molecule has 19 heavy (non-hydrogen) atoms. The summed E-state index contributed by atoms with van der Waals surface area (Å²) >= 11 is 0. The molecule has 0 spiro atoms. The van der Waals surface area contributed by atoms with E-state index in [-0.39, 0.29) is 12.2 Å². The monoisotopic (exact) mass is 269 g/mol. The molecule has 104 valence electrons. The van der Waals surface area contributed by atoms with Crippen LogP contribution in [0.2, 0.25) is 0 Å². The van der Waals surface area contributed by atoms with E-state index in [1.165, 1.54) is 6.07 Å². The maximum Gasteiger partial charge on any atom is 0.327 e. The van der Waals surface area contributed by atoms with E-state index in [1.54, 1.807) is 6.92 Å². The minimum absolute atomic E-state index is 0.125. The molecule has 0 heterocycles. The first kappa shape index (κ1) is 13.9. The summed E-state index contributed by atoms with van der Waals surface area (Å²) in [5.41, 5.74) is 0.125. The van der Waals surface area contributed by atoms with Gasteiger partial charge in [0.2, 0.25) is 0 Å². The van der Waals surface area contributed by atoms with Gasteiger partial charge in [0, 0.05) is 11.6 Å². The van der Waals surface area contributed by atoms with Crippen molar-refractivity contribution in [2.75, 3.05) is 13.2 Å². The van der Waals surface area contributed by atoms with E-state index in [9.17, 15) is 13.6 Å². The van der Waals surface area contributed by atoms with E-state index in [0.29, 0.717) is 12.5 Å². The van der Waals surface area contributed by atoms with E-state index in [1.807, 2.05) is 0 Å². The summed E-state index contributed by atoms with van der Waals surface area (Å²) in [5, 5.41) is 3.01. The number of carbonyl (C=O) groups excluding carboxylic acids is 1. The van der Waals surface area contributed by atoms with Crippen LogP contribution < -0.4 is 5.32 Å². The van der Waals surface area contributed by atoms with Crippen molar-refractivity contribution in [1.29, 1.82) is 0 Å². The molecule has 1 N–H and O–H groups in total. The SMILES string of the molecule is CCOC(=O)C(NCC1CC1)c1ccc(F)cc1F. The highest BCUT2D eigenvalue weighted by atomic mass is 19.1. The Kier molecular flexibility index (Phi) is 4.47. The average molecular weight is 269 g/mol. The second kappa shape index (κ2) is 6.10. The van der Waals surface area contributed by atoms with Crippen LogP contribution in [0, 0.1) is 17.6 Å². The molecule has 1 fully saturated rings. The van der Waals surface area contributed by atoms with Crippen molar-refractivity contribution in [3.05, 3.63) is 35.4 Å². The summed E-state index contributed by atoms with van der Waals surface area (Å²) in [6.07, 6.45) is 2.24. The summed E-state index contributed by atoms with van der Waals surface area (Å²) in [6.45, 7) is 2.56. The van der Waals surface area contributed by atoms with Crippen molar-refractivity contribution >= 4 is 5.97 Å². The van der Waals surface area contributed by atoms with Crippen molar-refractivity contribution in [2.45, 2.75) is 25.8 Å². The first-order valence-corrected chi connectivity index (χ1v) is 6.46. The number of ether oxygens (including phenoxy) is 1. The largest absolute Gasteiger partial charge is 0.465 e. The second-order valence-electron chi connectivity index (χ2n) is 4.70. The van der Waals surface area contributed by atoms with Gasteiger partial charge in [-0.2, -0.15) is 0 Å². The van der Waals surface area contributed by atoms with Crippen molar-refractivity contribution in [3.8, 4) is 0 Å². The van der Waals surface area contributed by atoms with Crippen LogP contribution in [-0.4, -0.2) is 19.1 Å². The fraction of sp³-hybridized carbons (Fsp3) is 0.500. The summed E-state index contributed by atoms with van der Waals surface area (Å²) < 4.78 is 31.6. The van der Waals surface area contributed by atoms with Crippen molar-refractivity contribution in [3.63, 3.8) is 0 Å². The van der Waals surface area contributed by atoms with Crippen LogP contribution in [0.15, 0.2) is 18.2 Å². The Bertz CT molecular complexity index is 461. The fourth-order valence-electron chi connectivity index (χ4n) is 1.89. The number of halogens is 2. The van der Waals surface area contributed by atoms with Crippen LogP contribution in [0.5, 0.6) is 0 Å². The van der Waals surface area contributed by atoms with Gasteiger partial charge >= 0.3 is 5.97 Å². The first-order chi connectivity index (χ1) is 9.11. The molecule has 1 saturated carbocycles. The molecule has 1 aromatic rings. The van der Waals surface area contributed by atoms with Gasteiger partial charge in [0.15, 0.2) is 0 Å². The molecule has 3 nitrogen and oxygen atoms in total.